The van der Waals surface area contributed by atoms with E-state index in [1.807, 2.05) is 6.07 Å². The van der Waals surface area contributed by atoms with Crippen molar-refractivity contribution in [1.82, 2.24) is 10.3 Å². The van der Waals surface area contributed by atoms with Gasteiger partial charge in [-0.1, -0.05) is 43.5 Å². The van der Waals surface area contributed by atoms with Crippen LogP contribution in [-0.4, -0.2) is 17.4 Å². The number of carbonyl (C=O) groups is 1. The second-order valence-corrected chi connectivity index (χ2v) is 7.92. The lowest BCUT2D eigenvalue weighted by Crippen LogP contribution is -2.34. The van der Waals surface area contributed by atoms with Crippen LogP contribution in [0, 0.1) is 5.92 Å². The van der Waals surface area contributed by atoms with Crippen LogP contribution in [0.25, 0.3) is 10.9 Å². The maximum atomic E-state index is 12.6. The number of aromatic nitrogens is 1. The number of amides is 1. The predicted octanol–water partition coefficient (Wildman–Crippen LogP) is 5.06. The van der Waals surface area contributed by atoms with Gasteiger partial charge >= 0.3 is 0 Å². The van der Waals surface area contributed by atoms with Gasteiger partial charge < -0.3 is 10.3 Å². The summed E-state index contributed by atoms with van der Waals surface area (Å²) >= 11 is 1.76. The number of rotatable bonds is 5. The van der Waals surface area contributed by atoms with Gasteiger partial charge in [-0.3, -0.25) is 4.79 Å². The van der Waals surface area contributed by atoms with E-state index in [1.54, 1.807) is 11.3 Å². The molecule has 1 amide bonds. The zero-order valence-corrected chi connectivity index (χ0v) is 15.1. The van der Waals surface area contributed by atoms with Crippen molar-refractivity contribution in [3.8, 4) is 0 Å². The fourth-order valence-electron chi connectivity index (χ4n) is 3.95. The average molecular weight is 353 g/mol. The maximum Gasteiger partial charge on any atom is 0.223 e. The minimum atomic E-state index is 0.198. The monoisotopic (exact) mass is 352 g/mol. The lowest BCUT2D eigenvalue weighted by atomic mass is 9.88. The van der Waals surface area contributed by atoms with Crippen LogP contribution in [0.1, 0.15) is 48.5 Å². The summed E-state index contributed by atoms with van der Waals surface area (Å²) < 4.78 is 0. The second-order valence-electron chi connectivity index (χ2n) is 6.94. The van der Waals surface area contributed by atoms with E-state index in [2.05, 4.69) is 52.2 Å². The fraction of sp³-hybridized carbons (Fsp3) is 0.381. The highest BCUT2D eigenvalue weighted by atomic mass is 32.1. The molecule has 0 radical (unpaired) electrons. The van der Waals surface area contributed by atoms with Crippen molar-refractivity contribution in [2.45, 2.75) is 38.0 Å². The molecule has 130 valence electrons. The van der Waals surface area contributed by atoms with E-state index in [1.165, 1.54) is 35.1 Å². The topological polar surface area (TPSA) is 44.9 Å². The van der Waals surface area contributed by atoms with E-state index >= 15 is 0 Å². The minimum absolute atomic E-state index is 0.198. The van der Waals surface area contributed by atoms with Gasteiger partial charge in [-0.2, -0.15) is 0 Å². The minimum Gasteiger partial charge on any atom is -0.361 e. The van der Waals surface area contributed by atoms with Crippen LogP contribution in [-0.2, 0) is 4.79 Å². The number of para-hydroxylation sites is 1. The Kier molecular flexibility index (Phi) is 4.88. The third kappa shape index (κ3) is 3.49. The van der Waals surface area contributed by atoms with E-state index in [-0.39, 0.29) is 17.7 Å². The number of aromatic amines is 1. The van der Waals surface area contributed by atoms with Crippen LogP contribution in [0.3, 0.4) is 0 Å². The molecule has 25 heavy (non-hydrogen) atoms. The van der Waals surface area contributed by atoms with Gasteiger partial charge in [0.05, 0.1) is 0 Å². The van der Waals surface area contributed by atoms with Crippen molar-refractivity contribution in [3.63, 3.8) is 0 Å². The average Bonchev–Trinajstić information content (AvgIpc) is 3.33. The van der Waals surface area contributed by atoms with Crippen LogP contribution in [0.5, 0.6) is 0 Å². The quantitative estimate of drug-likeness (QED) is 0.662. The second kappa shape index (κ2) is 7.44. The number of thiophene rings is 1. The summed E-state index contributed by atoms with van der Waals surface area (Å²) in [5.74, 6) is 0.644. The standard InChI is InChI=1S/C21H24N2OS/c24-21(15-7-2-1-3-8-15)23-14-18(20-11-6-12-25-20)17-13-22-19-10-5-4-9-16(17)19/h4-6,9-13,15,18,22H,1-3,7-8,14H2,(H,23,24)/t18-/m0/s1. The summed E-state index contributed by atoms with van der Waals surface area (Å²) in [6.45, 7) is 0.664. The summed E-state index contributed by atoms with van der Waals surface area (Å²) in [7, 11) is 0. The molecule has 1 aromatic carbocycles. The molecule has 2 heterocycles. The van der Waals surface area contributed by atoms with Gasteiger partial charge in [0.2, 0.25) is 5.91 Å². The van der Waals surface area contributed by atoms with Gasteiger partial charge in [0, 0.05) is 40.4 Å². The number of H-pyrrole nitrogens is 1. The molecule has 0 unspecified atom stereocenters. The number of nitrogens with one attached hydrogen (secondary N) is 2. The smallest absolute Gasteiger partial charge is 0.223 e. The summed E-state index contributed by atoms with van der Waals surface area (Å²) in [6, 6.07) is 12.6. The molecule has 0 saturated heterocycles. The maximum absolute atomic E-state index is 12.6. The Bertz CT molecular complexity index is 831. The van der Waals surface area contributed by atoms with Crippen molar-refractivity contribution in [1.29, 1.82) is 0 Å². The molecule has 0 bridgehead atoms. The van der Waals surface area contributed by atoms with Crippen LogP contribution in [0.15, 0.2) is 48.0 Å². The molecular formula is C21H24N2OS. The van der Waals surface area contributed by atoms with Crippen LogP contribution < -0.4 is 5.32 Å². The lowest BCUT2D eigenvalue weighted by molar-refractivity contribution is -0.125. The predicted molar refractivity (Wildman–Crippen MR) is 104 cm³/mol. The van der Waals surface area contributed by atoms with Crippen molar-refractivity contribution in [3.05, 3.63) is 58.4 Å². The Balaban J connectivity index is 1.56. The van der Waals surface area contributed by atoms with Crippen LogP contribution in [0.2, 0.25) is 0 Å². The van der Waals surface area contributed by atoms with Gasteiger partial charge in [-0.05, 0) is 35.9 Å². The molecule has 4 rings (SSSR count). The number of hydrogen-bond donors (Lipinski definition) is 2. The Morgan fingerprint density at radius 3 is 2.80 bits per heavy atom. The highest BCUT2D eigenvalue weighted by Crippen LogP contribution is 2.33. The Hall–Kier alpha value is -2.07. The molecule has 4 heteroatoms. The summed E-state index contributed by atoms with van der Waals surface area (Å²) in [5, 5.41) is 6.60. The lowest BCUT2D eigenvalue weighted by Gasteiger charge is -2.23. The van der Waals surface area contributed by atoms with Gasteiger partial charge in [-0.25, -0.2) is 0 Å². The Labute approximate surface area is 152 Å². The van der Waals surface area contributed by atoms with Gasteiger partial charge in [0.15, 0.2) is 0 Å². The summed E-state index contributed by atoms with van der Waals surface area (Å²) in [4.78, 5) is 17.3. The Morgan fingerprint density at radius 2 is 2.00 bits per heavy atom. The Morgan fingerprint density at radius 1 is 1.16 bits per heavy atom. The SMILES string of the molecule is O=C(NC[C@H](c1cccs1)c1c[nH]c2ccccc12)C1CCCCC1. The van der Waals surface area contributed by atoms with E-state index < -0.39 is 0 Å². The zero-order chi connectivity index (χ0) is 17.1. The van der Waals surface area contributed by atoms with Crippen molar-refractivity contribution >= 4 is 28.1 Å². The number of hydrogen-bond acceptors (Lipinski definition) is 2. The van der Waals surface area contributed by atoms with Crippen molar-refractivity contribution in [2.75, 3.05) is 6.54 Å². The number of carbonyl (C=O) groups excluding carboxylic acids is 1. The van der Waals surface area contributed by atoms with Crippen molar-refractivity contribution in [2.24, 2.45) is 5.92 Å². The zero-order valence-electron chi connectivity index (χ0n) is 14.3. The van der Waals surface area contributed by atoms with E-state index in [0.717, 1.165) is 18.4 Å². The first-order valence-electron chi connectivity index (χ1n) is 9.20. The molecule has 1 aliphatic carbocycles. The highest BCUT2D eigenvalue weighted by Gasteiger charge is 2.24. The number of fused-ring (bicyclic) bond motifs is 1. The summed E-state index contributed by atoms with van der Waals surface area (Å²) in [5.41, 5.74) is 2.42. The third-order valence-electron chi connectivity index (χ3n) is 5.34. The molecule has 1 atom stereocenters. The van der Waals surface area contributed by atoms with Gasteiger partial charge in [-0.15, -0.1) is 11.3 Å². The first-order valence-corrected chi connectivity index (χ1v) is 10.1. The number of benzene rings is 1. The molecule has 2 N–H and O–H groups in total. The third-order valence-corrected chi connectivity index (χ3v) is 6.33. The molecule has 0 spiro atoms. The summed E-state index contributed by atoms with van der Waals surface area (Å²) in [6.07, 6.45) is 7.84. The fourth-order valence-corrected chi connectivity index (χ4v) is 4.79. The van der Waals surface area contributed by atoms with E-state index in [9.17, 15) is 4.79 Å². The van der Waals surface area contributed by atoms with Crippen LogP contribution in [0.4, 0.5) is 0 Å². The highest BCUT2D eigenvalue weighted by molar-refractivity contribution is 7.10. The first kappa shape index (κ1) is 16.4. The normalized spacial score (nSPS) is 16.8. The van der Waals surface area contributed by atoms with E-state index in [0.29, 0.717) is 6.54 Å². The molecule has 1 fully saturated rings. The van der Waals surface area contributed by atoms with Crippen LogP contribution >= 0.6 is 11.3 Å². The van der Waals surface area contributed by atoms with Gasteiger partial charge in [0.25, 0.3) is 0 Å². The largest absolute Gasteiger partial charge is 0.361 e. The molecule has 2 aromatic heterocycles. The first-order chi connectivity index (χ1) is 12.3. The molecule has 3 nitrogen and oxygen atoms in total. The molecule has 1 aliphatic rings. The van der Waals surface area contributed by atoms with E-state index in [4.69, 9.17) is 0 Å². The molecule has 1 saturated carbocycles. The van der Waals surface area contributed by atoms with Gasteiger partial charge in [0.1, 0.15) is 0 Å². The molecule has 3 aromatic rings. The molecular weight excluding hydrogens is 328 g/mol. The molecule has 0 aliphatic heterocycles. The van der Waals surface area contributed by atoms with Crippen molar-refractivity contribution < 1.29 is 4.79 Å².